The highest BCUT2D eigenvalue weighted by atomic mass is 35.5. The predicted molar refractivity (Wildman–Crippen MR) is 103 cm³/mol. The van der Waals surface area contributed by atoms with Crippen LogP contribution in [0.2, 0.25) is 0 Å². The Bertz CT molecular complexity index is 415. The highest BCUT2D eigenvalue weighted by Crippen LogP contribution is 2.36. The summed E-state index contributed by atoms with van der Waals surface area (Å²) in [4.78, 5) is 15.6. The Morgan fingerprint density at radius 3 is 2.16 bits per heavy atom. The second-order valence-electron chi connectivity index (χ2n) is 8.11. The molecule has 3 fully saturated rings. The first-order valence-electron chi connectivity index (χ1n) is 10.0. The Hall–Kier alpha value is -0.360. The van der Waals surface area contributed by atoms with Crippen molar-refractivity contribution in [1.82, 2.24) is 10.2 Å². The second kappa shape index (κ2) is 9.54. The smallest absolute Gasteiger partial charge is 0.227 e. The predicted octanol–water partition coefficient (Wildman–Crippen LogP) is 2.47. The molecule has 1 aliphatic carbocycles. The minimum atomic E-state index is -0.407. The molecule has 1 saturated carbocycles. The molecule has 0 aromatic heterocycles. The minimum Gasteiger partial charge on any atom is -0.381 e. The first-order valence-corrected chi connectivity index (χ1v) is 10.0. The van der Waals surface area contributed by atoms with Crippen molar-refractivity contribution in [3.63, 3.8) is 0 Å². The van der Waals surface area contributed by atoms with Gasteiger partial charge in [-0.25, -0.2) is 0 Å². The van der Waals surface area contributed by atoms with Gasteiger partial charge in [0.05, 0.1) is 5.41 Å². The van der Waals surface area contributed by atoms with Gasteiger partial charge in [0, 0.05) is 31.8 Å². The SMILES string of the molecule is Cl.NCC1(C(=O)NCC2(N3CCCCC3)CCCCC2)CCOCC1. The van der Waals surface area contributed by atoms with E-state index in [0.29, 0.717) is 19.8 Å². The highest BCUT2D eigenvalue weighted by molar-refractivity contribution is 5.85. The molecule has 0 atom stereocenters. The van der Waals surface area contributed by atoms with Crippen molar-refractivity contribution in [2.75, 3.05) is 39.4 Å². The minimum absolute atomic E-state index is 0. The molecule has 0 spiro atoms. The molecule has 3 rings (SSSR count). The Morgan fingerprint density at radius 1 is 0.960 bits per heavy atom. The van der Waals surface area contributed by atoms with Crippen molar-refractivity contribution in [2.24, 2.45) is 11.1 Å². The number of piperidine rings is 1. The number of hydrogen-bond acceptors (Lipinski definition) is 4. The van der Waals surface area contributed by atoms with Gasteiger partial charge in [0.15, 0.2) is 0 Å². The van der Waals surface area contributed by atoms with Gasteiger partial charge < -0.3 is 15.8 Å². The summed E-state index contributed by atoms with van der Waals surface area (Å²) >= 11 is 0. The van der Waals surface area contributed by atoms with Gasteiger partial charge >= 0.3 is 0 Å². The molecule has 2 aliphatic heterocycles. The van der Waals surface area contributed by atoms with Crippen molar-refractivity contribution >= 4 is 18.3 Å². The third-order valence-electron chi connectivity index (χ3n) is 6.71. The molecule has 25 heavy (non-hydrogen) atoms. The van der Waals surface area contributed by atoms with Crippen LogP contribution >= 0.6 is 12.4 Å². The summed E-state index contributed by atoms with van der Waals surface area (Å²) < 4.78 is 5.44. The number of nitrogens with one attached hydrogen (secondary N) is 1. The summed E-state index contributed by atoms with van der Waals surface area (Å²) in [6.45, 7) is 4.94. The summed E-state index contributed by atoms with van der Waals surface area (Å²) in [5, 5.41) is 3.34. The van der Waals surface area contributed by atoms with Crippen molar-refractivity contribution in [3.8, 4) is 0 Å². The zero-order chi connectivity index (χ0) is 16.9. The van der Waals surface area contributed by atoms with Crippen LogP contribution < -0.4 is 11.1 Å². The fourth-order valence-electron chi connectivity index (χ4n) is 4.90. The number of likely N-dealkylation sites (tertiary alicyclic amines) is 1. The van der Waals surface area contributed by atoms with E-state index in [2.05, 4.69) is 10.2 Å². The van der Waals surface area contributed by atoms with E-state index >= 15 is 0 Å². The standard InChI is InChI=1S/C19H35N3O2.ClH/c20-15-18(9-13-24-14-10-18)17(23)21-16-19(7-3-1-4-8-19)22-11-5-2-6-12-22;/h1-16,20H2,(H,21,23);1H. The number of amides is 1. The van der Waals surface area contributed by atoms with E-state index < -0.39 is 5.41 Å². The first-order chi connectivity index (χ1) is 11.7. The van der Waals surface area contributed by atoms with Gasteiger partial charge in [-0.2, -0.15) is 0 Å². The largest absolute Gasteiger partial charge is 0.381 e. The number of ether oxygens (including phenoxy) is 1. The number of carbonyl (C=O) groups excluding carboxylic acids is 1. The summed E-state index contributed by atoms with van der Waals surface area (Å²) in [6.07, 6.45) is 11.9. The Labute approximate surface area is 158 Å². The fraction of sp³-hybridized carbons (Fsp3) is 0.947. The van der Waals surface area contributed by atoms with Crippen LogP contribution in [0.4, 0.5) is 0 Å². The summed E-state index contributed by atoms with van der Waals surface area (Å²) in [5.41, 5.74) is 5.78. The van der Waals surface area contributed by atoms with Gasteiger partial charge in [0.2, 0.25) is 5.91 Å². The van der Waals surface area contributed by atoms with Gasteiger partial charge in [0.1, 0.15) is 0 Å². The van der Waals surface area contributed by atoms with E-state index in [1.54, 1.807) is 0 Å². The summed E-state index contributed by atoms with van der Waals surface area (Å²) in [6, 6.07) is 0. The third kappa shape index (κ3) is 4.68. The van der Waals surface area contributed by atoms with Crippen molar-refractivity contribution in [2.45, 2.75) is 69.7 Å². The maximum Gasteiger partial charge on any atom is 0.227 e. The molecule has 0 unspecified atom stereocenters. The number of rotatable bonds is 5. The van der Waals surface area contributed by atoms with Crippen molar-refractivity contribution in [3.05, 3.63) is 0 Å². The van der Waals surface area contributed by atoms with Crippen LogP contribution in [0.5, 0.6) is 0 Å². The monoisotopic (exact) mass is 373 g/mol. The third-order valence-corrected chi connectivity index (χ3v) is 6.71. The molecule has 0 bridgehead atoms. The van der Waals surface area contributed by atoms with Crippen LogP contribution in [0.15, 0.2) is 0 Å². The molecule has 5 nitrogen and oxygen atoms in total. The quantitative estimate of drug-likeness (QED) is 0.776. The van der Waals surface area contributed by atoms with Gasteiger partial charge in [-0.3, -0.25) is 9.69 Å². The Kier molecular flexibility index (Phi) is 7.99. The van der Waals surface area contributed by atoms with Gasteiger partial charge in [-0.15, -0.1) is 12.4 Å². The first kappa shape index (κ1) is 20.9. The van der Waals surface area contributed by atoms with E-state index in [1.807, 2.05) is 0 Å². The lowest BCUT2D eigenvalue weighted by molar-refractivity contribution is -0.136. The number of carbonyl (C=O) groups is 1. The average Bonchev–Trinajstić information content (AvgIpc) is 2.68. The maximum absolute atomic E-state index is 13.0. The molecule has 2 saturated heterocycles. The number of halogens is 1. The molecule has 3 N–H and O–H groups in total. The fourth-order valence-corrected chi connectivity index (χ4v) is 4.90. The molecule has 3 aliphatic rings. The highest BCUT2D eigenvalue weighted by Gasteiger charge is 2.42. The van der Waals surface area contributed by atoms with Gasteiger partial charge in [-0.1, -0.05) is 25.7 Å². The summed E-state index contributed by atoms with van der Waals surface area (Å²) in [7, 11) is 0. The van der Waals surface area contributed by atoms with Gasteiger partial charge in [0.25, 0.3) is 0 Å². The lowest BCUT2D eigenvalue weighted by atomic mass is 9.77. The molecule has 0 aromatic carbocycles. The number of nitrogens with zero attached hydrogens (tertiary/aromatic N) is 1. The molecule has 1 amide bonds. The number of nitrogens with two attached hydrogens (primary N) is 1. The molecular weight excluding hydrogens is 338 g/mol. The average molecular weight is 374 g/mol. The van der Waals surface area contributed by atoms with E-state index in [0.717, 1.165) is 19.4 Å². The van der Waals surface area contributed by atoms with Crippen LogP contribution in [0.3, 0.4) is 0 Å². The zero-order valence-electron chi connectivity index (χ0n) is 15.6. The normalized spacial score (nSPS) is 26.4. The van der Waals surface area contributed by atoms with Crippen LogP contribution in [0.1, 0.15) is 64.2 Å². The van der Waals surface area contributed by atoms with E-state index in [9.17, 15) is 4.79 Å². The number of hydrogen-bond donors (Lipinski definition) is 2. The zero-order valence-corrected chi connectivity index (χ0v) is 16.4. The molecular formula is C19H36ClN3O2. The van der Waals surface area contributed by atoms with Crippen LogP contribution in [-0.2, 0) is 9.53 Å². The molecule has 0 aromatic rings. The van der Waals surface area contributed by atoms with E-state index in [1.165, 1.54) is 64.5 Å². The maximum atomic E-state index is 13.0. The Balaban J connectivity index is 0.00000225. The topological polar surface area (TPSA) is 67.6 Å². The van der Waals surface area contributed by atoms with Crippen molar-refractivity contribution in [1.29, 1.82) is 0 Å². The molecule has 6 heteroatoms. The lowest BCUT2D eigenvalue weighted by Crippen LogP contribution is -2.60. The molecule has 2 heterocycles. The van der Waals surface area contributed by atoms with E-state index in [-0.39, 0.29) is 23.9 Å². The van der Waals surface area contributed by atoms with E-state index in [4.69, 9.17) is 10.5 Å². The van der Waals surface area contributed by atoms with Gasteiger partial charge in [-0.05, 0) is 51.6 Å². The summed E-state index contributed by atoms with van der Waals surface area (Å²) in [5.74, 6) is 0.162. The molecule has 146 valence electrons. The van der Waals surface area contributed by atoms with Crippen molar-refractivity contribution < 1.29 is 9.53 Å². The van der Waals surface area contributed by atoms with Crippen LogP contribution in [-0.4, -0.2) is 55.7 Å². The second-order valence-corrected chi connectivity index (χ2v) is 8.11. The molecule has 0 radical (unpaired) electrons. The Morgan fingerprint density at radius 2 is 1.56 bits per heavy atom. The lowest BCUT2D eigenvalue weighted by Gasteiger charge is -2.49. The van der Waals surface area contributed by atoms with Crippen LogP contribution in [0.25, 0.3) is 0 Å². The van der Waals surface area contributed by atoms with Crippen LogP contribution in [0, 0.1) is 5.41 Å².